The van der Waals surface area contributed by atoms with Crippen LogP contribution in [-0.2, 0) is 4.74 Å². The molecule has 16 heavy (non-hydrogen) atoms. The van der Waals surface area contributed by atoms with Gasteiger partial charge in [0, 0.05) is 19.2 Å². The molecule has 0 aromatic carbocycles. The largest absolute Gasteiger partial charge is 0.481 e. The van der Waals surface area contributed by atoms with Crippen LogP contribution in [0.4, 0.5) is 5.82 Å². The van der Waals surface area contributed by atoms with E-state index in [-0.39, 0.29) is 0 Å². The number of anilines is 1. The minimum Gasteiger partial charge on any atom is -0.481 e. The lowest BCUT2D eigenvalue weighted by molar-refractivity contribution is 0.134. The van der Waals surface area contributed by atoms with Crippen molar-refractivity contribution in [3.05, 3.63) is 18.2 Å². The van der Waals surface area contributed by atoms with Crippen LogP contribution in [0.1, 0.15) is 12.8 Å². The zero-order valence-corrected chi connectivity index (χ0v) is 9.61. The fourth-order valence-corrected chi connectivity index (χ4v) is 1.41. The molecule has 0 aliphatic heterocycles. The maximum atomic E-state index is 5.51. The van der Waals surface area contributed by atoms with E-state index in [4.69, 9.17) is 9.47 Å². The van der Waals surface area contributed by atoms with Crippen LogP contribution in [0.3, 0.4) is 0 Å². The number of hydrogen-bond donors (Lipinski definition) is 1. The molecule has 1 aromatic rings. The second kappa shape index (κ2) is 5.70. The van der Waals surface area contributed by atoms with Gasteiger partial charge in [-0.25, -0.2) is 0 Å². The summed E-state index contributed by atoms with van der Waals surface area (Å²) in [7, 11) is 1.62. The van der Waals surface area contributed by atoms with Crippen LogP contribution < -0.4 is 10.1 Å². The van der Waals surface area contributed by atoms with Gasteiger partial charge < -0.3 is 14.8 Å². The molecular weight excluding hydrogens is 204 g/mol. The first-order valence-electron chi connectivity index (χ1n) is 5.71. The number of aromatic nitrogens is 1. The Hall–Kier alpha value is -1.29. The summed E-state index contributed by atoms with van der Waals surface area (Å²) in [4.78, 5) is 4.25. The van der Waals surface area contributed by atoms with Crippen molar-refractivity contribution in [2.24, 2.45) is 5.92 Å². The lowest BCUT2D eigenvalue weighted by Crippen LogP contribution is -2.11. The summed E-state index contributed by atoms with van der Waals surface area (Å²) in [6, 6.07) is 5.66. The third-order valence-corrected chi connectivity index (χ3v) is 2.54. The van der Waals surface area contributed by atoms with Crippen molar-refractivity contribution in [1.82, 2.24) is 4.98 Å². The molecule has 1 aliphatic rings. The molecular formula is C12H18N2O2. The topological polar surface area (TPSA) is 43.4 Å². The Balaban J connectivity index is 1.63. The first-order chi connectivity index (χ1) is 7.88. The summed E-state index contributed by atoms with van der Waals surface area (Å²) < 4.78 is 10.6. The molecule has 0 bridgehead atoms. The van der Waals surface area contributed by atoms with Crippen molar-refractivity contribution in [1.29, 1.82) is 0 Å². The van der Waals surface area contributed by atoms with Gasteiger partial charge in [-0.2, -0.15) is 4.98 Å². The fourth-order valence-electron chi connectivity index (χ4n) is 1.41. The van der Waals surface area contributed by atoms with Crippen LogP contribution in [0.2, 0.25) is 0 Å². The molecule has 1 saturated carbocycles. The van der Waals surface area contributed by atoms with Gasteiger partial charge in [0.1, 0.15) is 5.82 Å². The quantitative estimate of drug-likeness (QED) is 0.716. The van der Waals surface area contributed by atoms with E-state index in [1.807, 2.05) is 18.2 Å². The van der Waals surface area contributed by atoms with Gasteiger partial charge in [-0.15, -0.1) is 0 Å². The predicted molar refractivity (Wildman–Crippen MR) is 62.8 cm³/mol. The lowest BCUT2D eigenvalue weighted by atomic mass is 10.4. The maximum Gasteiger partial charge on any atom is 0.214 e. The van der Waals surface area contributed by atoms with E-state index in [2.05, 4.69) is 10.3 Å². The summed E-state index contributed by atoms with van der Waals surface area (Å²) in [5, 5.41) is 3.20. The summed E-state index contributed by atoms with van der Waals surface area (Å²) in [6.07, 6.45) is 2.68. The zero-order chi connectivity index (χ0) is 11.2. The highest BCUT2D eigenvalue weighted by atomic mass is 16.5. The molecule has 0 radical (unpaired) electrons. The molecule has 1 fully saturated rings. The first kappa shape index (κ1) is 11.2. The molecule has 0 atom stereocenters. The smallest absolute Gasteiger partial charge is 0.214 e. The fraction of sp³-hybridized carbons (Fsp3) is 0.583. The van der Waals surface area contributed by atoms with E-state index in [1.165, 1.54) is 12.8 Å². The van der Waals surface area contributed by atoms with E-state index in [0.717, 1.165) is 31.5 Å². The minimum atomic E-state index is 0.629. The van der Waals surface area contributed by atoms with Crippen LogP contribution in [0.5, 0.6) is 5.88 Å². The van der Waals surface area contributed by atoms with Crippen molar-refractivity contribution in [2.45, 2.75) is 12.8 Å². The highest BCUT2D eigenvalue weighted by molar-refractivity contribution is 5.36. The Bertz CT molecular complexity index is 327. The Morgan fingerprint density at radius 1 is 1.44 bits per heavy atom. The lowest BCUT2D eigenvalue weighted by Gasteiger charge is -2.07. The number of methoxy groups -OCH3 is 1. The highest BCUT2D eigenvalue weighted by Crippen LogP contribution is 2.28. The summed E-state index contributed by atoms with van der Waals surface area (Å²) in [5.74, 6) is 2.29. The Morgan fingerprint density at radius 3 is 3.06 bits per heavy atom. The molecule has 1 heterocycles. The second-order valence-corrected chi connectivity index (χ2v) is 4.01. The molecule has 1 N–H and O–H groups in total. The Kier molecular flexibility index (Phi) is 3.99. The van der Waals surface area contributed by atoms with Crippen LogP contribution in [0.15, 0.2) is 18.2 Å². The van der Waals surface area contributed by atoms with E-state index < -0.39 is 0 Å². The van der Waals surface area contributed by atoms with Crippen molar-refractivity contribution >= 4 is 5.82 Å². The molecule has 1 aromatic heterocycles. The van der Waals surface area contributed by atoms with Crippen LogP contribution >= 0.6 is 0 Å². The average molecular weight is 222 g/mol. The third kappa shape index (κ3) is 3.70. The normalized spacial score (nSPS) is 14.8. The van der Waals surface area contributed by atoms with Gasteiger partial charge in [-0.3, -0.25) is 0 Å². The standard InChI is InChI=1S/C12H18N2O2/c1-15-12-4-2-3-11(14-12)13-7-8-16-9-10-5-6-10/h2-4,10H,5-9H2,1H3,(H,13,14). The van der Waals surface area contributed by atoms with Gasteiger partial charge in [0.15, 0.2) is 0 Å². The molecule has 2 rings (SSSR count). The van der Waals surface area contributed by atoms with Crippen molar-refractivity contribution < 1.29 is 9.47 Å². The number of nitrogens with zero attached hydrogens (tertiary/aromatic N) is 1. The molecule has 88 valence electrons. The Labute approximate surface area is 96.0 Å². The predicted octanol–water partition coefficient (Wildman–Crippen LogP) is 1.93. The number of rotatable bonds is 7. The number of hydrogen-bond acceptors (Lipinski definition) is 4. The van der Waals surface area contributed by atoms with Crippen LogP contribution in [0.25, 0.3) is 0 Å². The average Bonchev–Trinajstić information content (AvgIpc) is 3.13. The van der Waals surface area contributed by atoms with E-state index in [0.29, 0.717) is 5.88 Å². The van der Waals surface area contributed by atoms with E-state index in [9.17, 15) is 0 Å². The third-order valence-electron chi connectivity index (χ3n) is 2.54. The van der Waals surface area contributed by atoms with Crippen LogP contribution in [-0.4, -0.2) is 31.9 Å². The van der Waals surface area contributed by atoms with Gasteiger partial charge in [0.2, 0.25) is 5.88 Å². The molecule has 0 amide bonds. The second-order valence-electron chi connectivity index (χ2n) is 4.01. The summed E-state index contributed by atoms with van der Waals surface area (Å²) in [6.45, 7) is 2.43. The maximum absolute atomic E-state index is 5.51. The number of pyridine rings is 1. The number of ether oxygens (including phenoxy) is 2. The van der Waals surface area contributed by atoms with Gasteiger partial charge in [-0.05, 0) is 24.8 Å². The van der Waals surface area contributed by atoms with Gasteiger partial charge >= 0.3 is 0 Å². The van der Waals surface area contributed by atoms with Gasteiger partial charge in [0.25, 0.3) is 0 Å². The summed E-state index contributed by atoms with van der Waals surface area (Å²) >= 11 is 0. The van der Waals surface area contributed by atoms with Crippen molar-refractivity contribution in [3.63, 3.8) is 0 Å². The van der Waals surface area contributed by atoms with Crippen molar-refractivity contribution in [2.75, 3.05) is 32.2 Å². The highest BCUT2D eigenvalue weighted by Gasteiger charge is 2.20. The molecule has 4 heteroatoms. The van der Waals surface area contributed by atoms with Gasteiger partial charge in [-0.1, -0.05) is 6.07 Å². The first-order valence-corrected chi connectivity index (χ1v) is 5.71. The molecule has 0 spiro atoms. The van der Waals surface area contributed by atoms with Crippen molar-refractivity contribution in [3.8, 4) is 5.88 Å². The minimum absolute atomic E-state index is 0.629. The summed E-state index contributed by atoms with van der Waals surface area (Å²) in [5.41, 5.74) is 0. The van der Waals surface area contributed by atoms with Crippen LogP contribution in [0, 0.1) is 5.92 Å². The zero-order valence-electron chi connectivity index (χ0n) is 9.61. The molecule has 0 unspecified atom stereocenters. The molecule has 0 saturated heterocycles. The van der Waals surface area contributed by atoms with E-state index in [1.54, 1.807) is 7.11 Å². The van der Waals surface area contributed by atoms with E-state index >= 15 is 0 Å². The molecule has 1 aliphatic carbocycles. The van der Waals surface area contributed by atoms with Gasteiger partial charge in [0.05, 0.1) is 13.7 Å². The number of nitrogens with one attached hydrogen (secondary N) is 1. The Morgan fingerprint density at radius 2 is 2.31 bits per heavy atom. The SMILES string of the molecule is COc1cccc(NCCOCC2CC2)n1. The monoisotopic (exact) mass is 222 g/mol. The molecule has 4 nitrogen and oxygen atoms in total.